The minimum Gasteiger partial charge on any atom is -0.268 e. The number of rotatable bonds is 5. The van der Waals surface area contributed by atoms with E-state index >= 15 is 0 Å². The molecule has 0 saturated heterocycles. The molecule has 0 N–H and O–H groups in total. The van der Waals surface area contributed by atoms with E-state index in [-0.39, 0.29) is 5.56 Å². The molecule has 4 nitrogen and oxygen atoms in total. The van der Waals surface area contributed by atoms with Gasteiger partial charge in [-0.3, -0.25) is 9.36 Å². The number of fused-ring (bicyclic) bond motifs is 1. The molecule has 0 aliphatic rings. The Kier molecular flexibility index (Phi) is 5.09. The van der Waals surface area contributed by atoms with Crippen molar-refractivity contribution in [3.63, 3.8) is 0 Å². The Bertz CT molecular complexity index is 1160. The first-order valence-electron chi connectivity index (χ1n) is 8.81. The SMILES string of the molecule is CCc1ccccc1-n1c(SCc2csc(C)n2)nc2ccccc2c1=O. The molecule has 0 unspecified atom stereocenters. The minimum atomic E-state index is -0.0292. The summed E-state index contributed by atoms with van der Waals surface area (Å²) >= 11 is 3.19. The first-order valence-corrected chi connectivity index (χ1v) is 10.7. The lowest BCUT2D eigenvalue weighted by atomic mass is 10.1. The molecule has 0 aliphatic heterocycles. The smallest absolute Gasteiger partial charge is 0.266 e. The Morgan fingerprint density at radius 1 is 1.07 bits per heavy atom. The fraction of sp³-hybridized carbons (Fsp3) is 0.190. The van der Waals surface area contributed by atoms with Crippen LogP contribution in [0, 0.1) is 6.92 Å². The lowest BCUT2D eigenvalue weighted by molar-refractivity contribution is 0.808. The fourth-order valence-corrected chi connectivity index (χ4v) is 4.68. The highest BCUT2D eigenvalue weighted by atomic mass is 32.2. The van der Waals surface area contributed by atoms with Crippen LogP contribution in [0.15, 0.2) is 63.9 Å². The average molecular weight is 394 g/mol. The Balaban J connectivity index is 1.89. The van der Waals surface area contributed by atoms with Crippen molar-refractivity contribution >= 4 is 34.0 Å². The lowest BCUT2D eigenvalue weighted by Gasteiger charge is -2.15. The van der Waals surface area contributed by atoms with E-state index in [1.807, 2.05) is 49.4 Å². The Hall–Kier alpha value is -2.44. The van der Waals surface area contributed by atoms with Crippen molar-refractivity contribution in [2.45, 2.75) is 31.2 Å². The van der Waals surface area contributed by atoms with Gasteiger partial charge >= 0.3 is 0 Å². The van der Waals surface area contributed by atoms with Crippen molar-refractivity contribution in [1.82, 2.24) is 14.5 Å². The summed E-state index contributed by atoms with van der Waals surface area (Å²) in [5.74, 6) is 0.684. The highest BCUT2D eigenvalue weighted by Crippen LogP contribution is 2.26. The summed E-state index contributed by atoms with van der Waals surface area (Å²) in [7, 11) is 0. The van der Waals surface area contributed by atoms with Gasteiger partial charge in [-0.1, -0.05) is 49.0 Å². The zero-order valence-electron chi connectivity index (χ0n) is 15.2. The normalized spacial score (nSPS) is 11.2. The van der Waals surface area contributed by atoms with E-state index < -0.39 is 0 Å². The standard InChI is InChI=1S/C21H19N3OS2/c1-3-15-8-4-7-11-19(15)24-20(25)17-9-5-6-10-18(17)23-21(24)27-13-16-12-26-14(2)22-16/h4-12H,3,13H2,1-2H3. The fourth-order valence-electron chi connectivity index (χ4n) is 3.06. The Morgan fingerprint density at radius 3 is 2.63 bits per heavy atom. The van der Waals surface area contributed by atoms with Gasteiger partial charge in [0.2, 0.25) is 0 Å². The quantitative estimate of drug-likeness (QED) is 0.353. The second-order valence-corrected chi connectivity index (χ2v) is 8.19. The van der Waals surface area contributed by atoms with Gasteiger partial charge in [-0.15, -0.1) is 11.3 Å². The van der Waals surface area contributed by atoms with Crippen LogP contribution in [0.4, 0.5) is 0 Å². The molecule has 2 aromatic heterocycles. The van der Waals surface area contributed by atoms with Crippen LogP contribution < -0.4 is 5.56 Å². The predicted octanol–water partition coefficient (Wildman–Crippen LogP) is 5.01. The number of thioether (sulfide) groups is 1. The van der Waals surface area contributed by atoms with Crippen LogP contribution >= 0.6 is 23.1 Å². The van der Waals surface area contributed by atoms with E-state index in [0.717, 1.165) is 33.9 Å². The molecular formula is C21H19N3OS2. The van der Waals surface area contributed by atoms with Crippen molar-refractivity contribution in [2.75, 3.05) is 0 Å². The van der Waals surface area contributed by atoms with Crippen LogP contribution in [0.25, 0.3) is 16.6 Å². The zero-order chi connectivity index (χ0) is 18.8. The molecule has 4 aromatic rings. The highest BCUT2D eigenvalue weighted by Gasteiger charge is 2.15. The largest absolute Gasteiger partial charge is 0.268 e. The summed E-state index contributed by atoms with van der Waals surface area (Å²) in [5, 5.41) is 4.44. The number of thiazole rings is 1. The second kappa shape index (κ2) is 7.66. The number of hydrogen-bond acceptors (Lipinski definition) is 5. The summed E-state index contributed by atoms with van der Waals surface area (Å²) in [6.45, 7) is 4.10. The maximum atomic E-state index is 13.3. The molecule has 0 fully saturated rings. The molecule has 2 aromatic carbocycles. The van der Waals surface area contributed by atoms with E-state index in [1.165, 1.54) is 0 Å². The number of hydrogen-bond donors (Lipinski definition) is 0. The molecule has 0 spiro atoms. The van der Waals surface area contributed by atoms with E-state index in [0.29, 0.717) is 16.3 Å². The van der Waals surface area contributed by atoms with Crippen molar-refractivity contribution in [1.29, 1.82) is 0 Å². The van der Waals surface area contributed by atoms with Gasteiger partial charge in [-0.25, -0.2) is 9.97 Å². The summed E-state index contributed by atoms with van der Waals surface area (Å²) in [4.78, 5) is 22.7. The minimum absolute atomic E-state index is 0.0292. The summed E-state index contributed by atoms with van der Waals surface area (Å²) < 4.78 is 1.76. The third-order valence-corrected chi connectivity index (χ3v) is 6.17. The molecule has 0 bridgehead atoms. The van der Waals surface area contributed by atoms with Gasteiger partial charge in [0, 0.05) is 11.1 Å². The maximum absolute atomic E-state index is 13.3. The predicted molar refractivity (Wildman–Crippen MR) is 113 cm³/mol. The molecule has 0 amide bonds. The third kappa shape index (κ3) is 3.55. The molecular weight excluding hydrogens is 374 g/mol. The lowest BCUT2D eigenvalue weighted by Crippen LogP contribution is -2.22. The van der Waals surface area contributed by atoms with Gasteiger partial charge in [0.05, 0.1) is 27.3 Å². The molecule has 4 rings (SSSR count). The monoisotopic (exact) mass is 393 g/mol. The van der Waals surface area contributed by atoms with Crippen LogP contribution in [0.3, 0.4) is 0 Å². The average Bonchev–Trinajstić information content (AvgIpc) is 3.12. The van der Waals surface area contributed by atoms with Crippen molar-refractivity contribution in [3.8, 4) is 5.69 Å². The summed E-state index contributed by atoms with van der Waals surface area (Å²) in [6, 6.07) is 15.6. The van der Waals surface area contributed by atoms with E-state index in [1.54, 1.807) is 27.7 Å². The van der Waals surface area contributed by atoms with Crippen LogP contribution in [0.5, 0.6) is 0 Å². The van der Waals surface area contributed by atoms with Gasteiger partial charge in [0.1, 0.15) is 0 Å². The number of benzene rings is 2. The summed E-state index contributed by atoms with van der Waals surface area (Å²) in [6.07, 6.45) is 0.852. The number of aryl methyl sites for hydroxylation is 2. The molecule has 2 heterocycles. The van der Waals surface area contributed by atoms with E-state index in [9.17, 15) is 4.79 Å². The number of aromatic nitrogens is 3. The molecule has 0 saturated carbocycles. The van der Waals surface area contributed by atoms with Crippen LogP contribution in [-0.2, 0) is 12.2 Å². The topological polar surface area (TPSA) is 47.8 Å². The summed E-state index contributed by atoms with van der Waals surface area (Å²) in [5.41, 5.74) is 3.74. The van der Waals surface area contributed by atoms with E-state index in [4.69, 9.17) is 4.98 Å². The molecule has 6 heteroatoms. The Morgan fingerprint density at radius 2 is 1.85 bits per heavy atom. The first kappa shape index (κ1) is 17.9. The molecule has 0 radical (unpaired) electrons. The van der Waals surface area contributed by atoms with Gasteiger partial charge in [-0.2, -0.15) is 0 Å². The van der Waals surface area contributed by atoms with Gasteiger partial charge in [0.15, 0.2) is 5.16 Å². The molecule has 27 heavy (non-hydrogen) atoms. The Labute approximate surface area is 165 Å². The first-order chi connectivity index (χ1) is 13.2. The highest BCUT2D eigenvalue weighted by molar-refractivity contribution is 7.98. The van der Waals surface area contributed by atoms with Gasteiger partial charge in [-0.05, 0) is 37.1 Å². The zero-order valence-corrected chi connectivity index (χ0v) is 16.8. The third-order valence-electron chi connectivity index (χ3n) is 4.37. The molecule has 136 valence electrons. The van der Waals surface area contributed by atoms with Crippen LogP contribution in [-0.4, -0.2) is 14.5 Å². The van der Waals surface area contributed by atoms with Crippen molar-refractivity contribution < 1.29 is 0 Å². The van der Waals surface area contributed by atoms with Gasteiger partial charge in [0.25, 0.3) is 5.56 Å². The van der Waals surface area contributed by atoms with Crippen molar-refractivity contribution in [3.05, 3.63) is 80.5 Å². The number of para-hydroxylation sites is 2. The maximum Gasteiger partial charge on any atom is 0.266 e. The van der Waals surface area contributed by atoms with Crippen molar-refractivity contribution in [2.24, 2.45) is 0 Å². The second-order valence-electron chi connectivity index (χ2n) is 6.18. The van der Waals surface area contributed by atoms with Crippen LogP contribution in [0.2, 0.25) is 0 Å². The van der Waals surface area contributed by atoms with Crippen LogP contribution in [0.1, 0.15) is 23.2 Å². The van der Waals surface area contributed by atoms with E-state index in [2.05, 4.69) is 23.4 Å². The molecule has 0 atom stereocenters. The number of nitrogens with zero attached hydrogens (tertiary/aromatic N) is 3. The molecule has 0 aliphatic carbocycles. The van der Waals surface area contributed by atoms with Gasteiger partial charge < -0.3 is 0 Å².